The lowest BCUT2D eigenvalue weighted by Crippen LogP contribution is -2.44. The van der Waals surface area contributed by atoms with Crippen LogP contribution in [0.15, 0.2) is 36.1 Å². The highest BCUT2D eigenvalue weighted by molar-refractivity contribution is 7.22. The molecule has 12 nitrogen and oxygen atoms in total. The van der Waals surface area contributed by atoms with Crippen molar-refractivity contribution < 1.29 is 19.1 Å². The van der Waals surface area contributed by atoms with Crippen molar-refractivity contribution in [3.05, 3.63) is 41.7 Å². The summed E-state index contributed by atoms with van der Waals surface area (Å²) in [6.07, 6.45) is 6.35. The molecule has 41 heavy (non-hydrogen) atoms. The van der Waals surface area contributed by atoms with Gasteiger partial charge in [-0.1, -0.05) is 11.3 Å². The normalized spacial score (nSPS) is 14.5. The number of benzene rings is 1. The van der Waals surface area contributed by atoms with Crippen molar-refractivity contribution >= 4 is 67.0 Å². The van der Waals surface area contributed by atoms with Gasteiger partial charge in [-0.25, -0.2) is 24.7 Å². The number of fused-ring (bicyclic) bond motifs is 1. The van der Waals surface area contributed by atoms with Crippen LogP contribution < -0.4 is 20.9 Å². The van der Waals surface area contributed by atoms with E-state index in [1.807, 2.05) is 26.8 Å². The van der Waals surface area contributed by atoms with Crippen molar-refractivity contribution in [3.8, 4) is 11.1 Å². The highest BCUT2D eigenvalue weighted by Crippen LogP contribution is 2.36. The molecule has 0 spiro atoms. The Kier molecular flexibility index (Phi) is 8.40. The number of aromatic nitrogens is 4. The smallest absolute Gasteiger partial charge is 0.321 e. The fourth-order valence-corrected chi connectivity index (χ4v) is 5.99. The Morgan fingerprint density at radius 2 is 1.78 bits per heavy atom. The van der Waals surface area contributed by atoms with E-state index in [1.165, 1.54) is 22.7 Å². The molecule has 0 radical (unpaired) electrons. The standard InChI is InChI=1S/C27H30N8O4S2/c1-4-28-24(38)34-26-32-19-13-16(12-18(20(19)41-26)21(36)33-25-29-8-11-40-25)17-14-30-23(31-15-17)35-9-6-27(3,7-10-35)22(37)39-5-2/h8,11-15H,4-7,9-10H2,1-3H3,(H,29,33,36)(H2,28,32,34,38). The SMILES string of the molecule is CCNC(=O)Nc1nc2cc(-c3cnc(N4CCC(C)(C(=O)OCC)CC4)nc3)cc(C(=O)Nc3nccs3)c2s1. The molecular formula is C27H30N8O4S2. The van der Waals surface area contributed by atoms with E-state index < -0.39 is 5.41 Å². The molecule has 1 saturated heterocycles. The second kappa shape index (κ2) is 12.1. The highest BCUT2D eigenvalue weighted by Gasteiger charge is 2.38. The summed E-state index contributed by atoms with van der Waals surface area (Å²) >= 11 is 2.54. The van der Waals surface area contributed by atoms with Gasteiger partial charge in [-0.15, -0.1) is 11.3 Å². The summed E-state index contributed by atoms with van der Waals surface area (Å²) in [6.45, 7) is 7.71. The van der Waals surface area contributed by atoms with Gasteiger partial charge < -0.3 is 15.0 Å². The van der Waals surface area contributed by atoms with Crippen LogP contribution in [0.5, 0.6) is 0 Å². The molecule has 1 fully saturated rings. The Hall–Kier alpha value is -4.17. The third kappa shape index (κ3) is 6.28. The van der Waals surface area contributed by atoms with Gasteiger partial charge in [-0.2, -0.15) is 0 Å². The molecule has 214 valence electrons. The molecule has 5 rings (SSSR count). The van der Waals surface area contributed by atoms with Gasteiger partial charge in [-0.3, -0.25) is 20.2 Å². The van der Waals surface area contributed by atoms with Crippen LogP contribution in [0.25, 0.3) is 21.3 Å². The van der Waals surface area contributed by atoms with Gasteiger partial charge in [0.25, 0.3) is 5.91 Å². The number of nitrogens with one attached hydrogen (secondary N) is 3. The lowest BCUT2D eigenvalue weighted by Gasteiger charge is -2.37. The molecule has 0 bridgehead atoms. The average molecular weight is 595 g/mol. The van der Waals surface area contributed by atoms with Crippen LogP contribution in [0.4, 0.5) is 21.0 Å². The van der Waals surface area contributed by atoms with Crippen LogP contribution in [-0.2, 0) is 9.53 Å². The topological polar surface area (TPSA) is 151 Å². The summed E-state index contributed by atoms with van der Waals surface area (Å²) in [5.74, 6) is 0.0764. The quantitative estimate of drug-likeness (QED) is 0.245. The number of carbonyl (C=O) groups excluding carboxylic acids is 3. The minimum atomic E-state index is -0.504. The van der Waals surface area contributed by atoms with Gasteiger partial charge in [0, 0.05) is 49.2 Å². The third-order valence-electron chi connectivity index (χ3n) is 6.83. The first-order valence-electron chi connectivity index (χ1n) is 13.2. The average Bonchev–Trinajstić information content (AvgIpc) is 3.62. The van der Waals surface area contributed by atoms with E-state index in [-0.39, 0.29) is 17.9 Å². The van der Waals surface area contributed by atoms with Gasteiger partial charge in [0.1, 0.15) is 0 Å². The van der Waals surface area contributed by atoms with Crippen LogP contribution in [0.2, 0.25) is 0 Å². The van der Waals surface area contributed by atoms with Crippen LogP contribution in [-0.4, -0.2) is 64.1 Å². The van der Waals surface area contributed by atoms with E-state index >= 15 is 0 Å². The zero-order valence-electron chi connectivity index (χ0n) is 22.9. The van der Waals surface area contributed by atoms with Crippen molar-refractivity contribution in [2.24, 2.45) is 5.41 Å². The second-order valence-electron chi connectivity index (χ2n) is 9.71. The first kappa shape index (κ1) is 28.4. The number of ether oxygens (including phenoxy) is 1. The van der Waals surface area contributed by atoms with Gasteiger partial charge >= 0.3 is 12.0 Å². The van der Waals surface area contributed by atoms with Crippen molar-refractivity contribution in [1.82, 2.24) is 25.3 Å². The number of piperidine rings is 1. The summed E-state index contributed by atoms with van der Waals surface area (Å²) < 4.78 is 5.89. The Bertz CT molecular complexity index is 1550. The monoisotopic (exact) mass is 594 g/mol. The Morgan fingerprint density at radius 3 is 2.44 bits per heavy atom. The second-order valence-corrected chi connectivity index (χ2v) is 11.6. The maximum atomic E-state index is 13.3. The summed E-state index contributed by atoms with van der Waals surface area (Å²) in [6, 6.07) is 3.24. The number of rotatable bonds is 8. The largest absolute Gasteiger partial charge is 0.466 e. The Morgan fingerprint density at radius 1 is 1.02 bits per heavy atom. The number of amides is 3. The van der Waals surface area contributed by atoms with Crippen LogP contribution in [0, 0.1) is 5.41 Å². The van der Waals surface area contributed by atoms with Crippen LogP contribution >= 0.6 is 22.7 Å². The molecule has 4 heterocycles. The molecule has 0 aliphatic carbocycles. The third-order valence-corrected chi connectivity index (χ3v) is 8.54. The highest BCUT2D eigenvalue weighted by atomic mass is 32.1. The number of thiazole rings is 2. The summed E-state index contributed by atoms with van der Waals surface area (Å²) in [4.78, 5) is 57.7. The minimum absolute atomic E-state index is 0.160. The zero-order valence-corrected chi connectivity index (χ0v) is 24.5. The number of urea groups is 1. The Labute approximate surface area is 244 Å². The molecule has 3 amide bonds. The van der Waals surface area contributed by atoms with Crippen LogP contribution in [0.1, 0.15) is 44.0 Å². The van der Waals surface area contributed by atoms with E-state index in [4.69, 9.17) is 4.74 Å². The number of esters is 1. The van der Waals surface area contributed by atoms with Gasteiger partial charge in [0.05, 0.1) is 27.8 Å². The summed E-state index contributed by atoms with van der Waals surface area (Å²) in [5.41, 5.74) is 1.86. The van der Waals surface area contributed by atoms with Gasteiger partial charge in [0.2, 0.25) is 5.95 Å². The van der Waals surface area contributed by atoms with Crippen molar-refractivity contribution in [1.29, 1.82) is 0 Å². The van der Waals surface area contributed by atoms with E-state index in [9.17, 15) is 14.4 Å². The first-order valence-corrected chi connectivity index (χ1v) is 14.9. The summed E-state index contributed by atoms with van der Waals surface area (Å²) in [7, 11) is 0. The lowest BCUT2D eigenvalue weighted by atomic mass is 9.80. The molecule has 0 saturated carbocycles. The van der Waals surface area contributed by atoms with Crippen molar-refractivity contribution in [2.45, 2.75) is 33.6 Å². The first-order chi connectivity index (χ1) is 19.8. The van der Waals surface area contributed by atoms with E-state index in [2.05, 4.69) is 40.8 Å². The fraction of sp³-hybridized carbons (Fsp3) is 0.370. The fourth-order valence-electron chi connectivity index (χ4n) is 4.52. The predicted octanol–water partition coefficient (Wildman–Crippen LogP) is 4.77. The molecule has 0 unspecified atom stereocenters. The maximum Gasteiger partial charge on any atom is 0.321 e. The summed E-state index contributed by atoms with van der Waals surface area (Å²) in [5, 5.41) is 10.9. The van der Waals surface area contributed by atoms with Crippen molar-refractivity contribution in [2.75, 3.05) is 41.8 Å². The predicted molar refractivity (Wildman–Crippen MR) is 160 cm³/mol. The molecule has 1 aromatic carbocycles. The maximum absolute atomic E-state index is 13.3. The van der Waals surface area contributed by atoms with Gasteiger partial charge in [0.15, 0.2) is 10.3 Å². The van der Waals surface area contributed by atoms with Crippen LogP contribution in [0.3, 0.4) is 0 Å². The number of hydrogen-bond acceptors (Lipinski definition) is 11. The molecule has 1 aliphatic heterocycles. The minimum Gasteiger partial charge on any atom is -0.466 e. The molecule has 1 aliphatic rings. The Balaban J connectivity index is 1.40. The zero-order chi connectivity index (χ0) is 29.0. The van der Waals surface area contributed by atoms with E-state index in [0.29, 0.717) is 82.2 Å². The molecule has 14 heteroatoms. The number of anilines is 3. The van der Waals surface area contributed by atoms with Crippen molar-refractivity contribution in [3.63, 3.8) is 0 Å². The molecule has 3 N–H and O–H groups in total. The number of hydrogen-bond donors (Lipinski definition) is 3. The molecule has 4 aromatic rings. The molecule has 3 aromatic heterocycles. The number of carbonyl (C=O) groups is 3. The van der Waals surface area contributed by atoms with E-state index in [0.717, 1.165) is 0 Å². The molecule has 0 atom stereocenters. The lowest BCUT2D eigenvalue weighted by molar-refractivity contribution is -0.155. The van der Waals surface area contributed by atoms with E-state index in [1.54, 1.807) is 30.0 Å². The molecular weight excluding hydrogens is 564 g/mol. The van der Waals surface area contributed by atoms with Gasteiger partial charge in [-0.05, 0) is 51.3 Å². The number of nitrogens with zero attached hydrogens (tertiary/aromatic N) is 5.